The number of amides is 4. The average Bonchev–Trinajstić information content (AvgIpc) is 3.19. The highest BCUT2D eigenvalue weighted by Gasteiger charge is 2.51. The Hall–Kier alpha value is -2.09. The standard InChI is InChI=1S/C19H24BrN3O4/c20-14-5-3-6-15(13-14)27-12-10-21-16(24)7-4-11-23-17(25)19(22-18(23)26)8-1-2-9-19/h3,5-6,13H,1-2,4,7-12H2,(H,21,24)(H,22,26). The van der Waals surface area contributed by atoms with E-state index in [1.165, 1.54) is 4.90 Å². The van der Waals surface area contributed by atoms with Gasteiger partial charge in [0.1, 0.15) is 17.9 Å². The van der Waals surface area contributed by atoms with Crippen LogP contribution in [0, 0.1) is 0 Å². The van der Waals surface area contributed by atoms with Gasteiger partial charge in [0.05, 0.1) is 6.54 Å². The summed E-state index contributed by atoms with van der Waals surface area (Å²) in [5.41, 5.74) is -0.677. The molecule has 4 amide bonds. The first-order valence-electron chi connectivity index (χ1n) is 9.29. The summed E-state index contributed by atoms with van der Waals surface area (Å²) >= 11 is 3.37. The van der Waals surface area contributed by atoms with Crippen molar-refractivity contribution in [1.29, 1.82) is 0 Å². The highest BCUT2D eigenvalue weighted by molar-refractivity contribution is 9.10. The number of hydrogen-bond donors (Lipinski definition) is 2. The average molecular weight is 438 g/mol. The Morgan fingerprint density at radius 3 is 2.81 bits per heavy atom. The molecule has 1 spiro atoms. The number of nitrogens with zero attached hydrogens (tertiary/aromatic N) is 1. The molecule has 2 fully saturated rings. The molecule has 27 heavy (non-hydrogen) atoms. The lowest BCUT2D eigenvalue weighted by molar-refractivity contribution is -0.131. The van der Waals surface area contributed by atoms with Crippen LogP contribution in [0.1, 0.15) is 38.5 Å². The molecule has 1 aliphatic carbocycles. The van der Waals surface area contributed by atoms with Crippen LogP contribution in [-0.4, -0.2) is 48.0 Å². The minimum absolute atomic E-state index is 0.115. The molecule has 0 atom stereocenters. The predicted octanol–water partition coefficient (Wildman–Crippen LogP) is 2.59. The summed E-state index contributed by atoms with van der Waals surface area (Å²) in [7, 11) is 0. The van der Waals surface area contributed by atoms with Crippen LogP contribution >= 0.6 is 15.9 Å². The Morgan fingerprint density at radius 1 is 1.30 bits per heavy atom. The molecule has 7 nitrogen and oxygen atoms in total. The largest absolute Gasteiger partial charge is 0.492 e. The zero-order valence-corrected chi connectivity index (χ0v) is 16.7. The zero-order chi connectivity index (χ0) is 19.3. The van der Waals surface area contributed by atoms with E-state index in [-0.39, 0.29) is 30.8 Å². The van der Waals surface area contributed by atoms with Crippen LogP contribution in [0.25, 0.3) is 0 Å². The fraction of sp³-hybridized carbons (Fsp3) is 0.526. The Balaban J connectivity index is 1.32. The number of nitrogens with one attached hydrogen (secondary N) is 2. The van der Waals surface area contributed by atoms with E-state index < -0.39 is 5.54 Å². The monoisotopic (exact) mass is 437 g/mol. The van der Waals surface area contributed by atoms with E-state index in [0.29, 0.717) is 32.4 Å². The van der Waals surface area contributed by atoms with Crippen molar-refractivity contribution >= 4 is 33.8 Å². The van der Waals surface area contributed by atoms with Gasteiger partial charge in [-0.1, -0.05) is 34.8 Å². The van der Waals surface area contributed by atoms with E-state index in [0.717, 1.165) is 23.1 Å². The number of benzene rings is 1. The van der Waals surface area contributed by atoms with Crippen molar-refractivity contribution in [1.82, 2.24) is 15.5 Å². The quantitative estimate of drug-likeness (QED) is 0.483. The molecule has 1 saturated heterocycles. The molecule has 3 rings (SSSR count). The van der Waals surface area contributed by atoms with Crippen LogP contribution in [0.15, 0.2) is 28.7 Å². The second-order valence-corrected chi connectivity index (χ2v) is 7.85. The van der Waals surface area contributed by atoms with E-state index in [4.69, 9.17) is 4.74 Å². The maximum absolute atomic E-state index is 12.5. The lowest BCUT2D eigenvalue weighted by Crippen LogP contribution is -2.44. The smallest absolute Gasteiger partial charge is 0.325 e. The molecule has 0 aromatic heterocycles. The summed E-state index contributed by atoms with van der Waals surface area (Å²) in [6.45, 7) is 1.05. The zero-order valence-electron chi connectivity index (χ0n) is 15.1. The number of urea groups is 1. The Morgan fingerprint density at radius 2 is 2.07 bits per heavy atom. The van der Waals surface area contributed by atoms with Crippen LogP contribution in [0.3, 0.4) is 0 Å². The van der Waals surface area contributed by atoms with Crippen LogP contribution in [0.4, 0.5) is 4.79 Å². The van der Waals surface area contributed by atoms with Gasteiger partial charge in [0.15, 0.2) is 0 Å². The van der Waals surface area contributed by atoms with Crippen molar-refractivity contribution in [3.05, 3.63) is 28.7 Å². The van der Waals surface area contributed by atoms with Crippen molar-refractivity contribution in [3.63, 3.8) is 0 Å². The molecule has 146 valence electrons. The Kier molecular flexibility index (Phi) is 6.36. The molecule has 1 heterocycles. The third kappa shape index (κ3) is 4.80. The highest BCUT2D eigenvalue weighted by Crippen LogP contribution is 2.35. The van der Waals surface area contributed by atoms with Crippen molar-refractivity contribution < 1.29 is 19.1 Å². The Bertz CT molecular complexity index is 719. The first kappa shape index (κ1) is 19.7. The van der Waals surface area contributed by atoms with Gasteiger partial charge >= 0.3 is 6.03 Å². The van der Waals surface area contributed by atoms with Crippen LogP contribution in [0.5, 0.6) is 5.75 Å². The summed E-state index contributed by atoms with van der Waals surface area (Å²) in [4.78, 5) is 37.7. The van der Waals surface area contributed by atoms with Gasteiger partial charge in [-0.15, -0.1) is 0 Å². The number of carbonyl (C=O) groups is 3. The summed E-state index contributed by atoms with van der Waals surface area (Å²) < 4.78 is 6.49. The SMILES string of the molecule is O=C(CCCN1C(=O)NC2(CCCC2)C1=O)NCCOc1cccc(Br)c1. The number of carbonyl (C=O) groups excluding carboxylic acids is 3. The van der Waals surface area contributed by atoms with E-state index in [2.05, 4.69) is 26.6 Å². The molecular weight excluding hydrogens is 414 g/mol. The molecule has 1 aliphatic heterocycles. The molecule has 2 aliphatic rings. The molecule has 0 unspecified atom stereocenters. The van der Waals surface area contributed by atoms with Crippen molar-refractivity contribution in [2.75, 3.05) is 19.7 Å². The maximum atomic E-state index is 12.5. The normalized spacial score (nSPS) is 18.0. The van der Waals surface area contributed by atoms with E-state index in [9.17, 15) is 14.4 Å². The highest BCUT2D eigenvalue weighted by atomic mass is 79.9. The molecule has 0 bridgehead atoms. The third-order valence-electron chi connectivity index (χ3n) is 4.98. The van der Waals surface area contributed by atoms with Crippen molar-refractivity contribution in [2.24, 2.45) is 0 Å². The van der Waals surface area contributed by atoms with Gasteiger partial charge in [0.25, 0.3) is 5.91 Å². The second kappa shape index (κ2) is 8.73. The number of hydrogen-bond acceptors (Lipinski definition) is 4. The van der Waals surface area contributed by atoms with Gasteiger partial charge in [0.2, 0.25) is 5.91 Å². The predicted molar refractivity (Wildman–Crippen MR) is 103 cm³/mol. The van der Waals surface area contributed by atoms with E-state index in [1.54, 1.807) is 0 Å². The Labute approximate surface area is 166 Å². The maximum Gasteiger partial charge on any atom is 0.325 e. The lowest BCUT2D eigenvalue weighted by Gasteiger charge is -2.19. The summed E-state index contributed by atoms with van der Waals surface area (Å²) in [5, 5.41) is 5.63. The fourth-order valence-electron chi connectivity index (χ4n) is 3.60. The lowest BCUT2D eigenvalue weighted by atomic mass is 9.98. The van der Waals surface area contributed by atoms with Gasteiger partial charge in [-0.2, -0.15) is 0 Å². The first-order valence-corrected chi connectivity index (χ1v) is 10.1. The van der Waals surface area contributed by atoms with E-state index in [1.807, 2.05) is 24.3 Å². The number of halogens is 1. The van der Waals surface area contributed by atoms with Crippen LogP contribution < -0.4 is 15.4 Å². The number of ether oxygens (including phenoxy) is 1. The molecule has 2 N–H and O–H groups in total. The fourth-order valence-corrected chi connectivity index (χ4v) is 3.98. The van der Waals surface area contributed by atoms with Gasteiger partial charge in [-0.05, 0) is 37.5 Å². The van der Waals surface area contributed by atoms with Gasteiger partial charge in [-0.25, -0.2) is 4.79 Å². The van der Waals surface area contributed by atoms with Crippen molar-refractivity contribution in [3.8, 4) is 5.75 Å². The van der Waals surface area contributed by atoms with Crippen LogP contribution in [0.2, 0.25) is 0 Å². The van der Waals surface area contributed by atoms with Crippen molar-refractivity contribution in [2.45, 2.75) is 44.1 Å². The third-order valence-corrected chi connectivity index (χ3v) is 5.47. The van der Waals surface area contributed by atoms with E-state index >= 15 is 0 Å². The topological polar surface area (TPSA) is 87.7 Å². The summed E-state index contributed by atoms with van der Waals surface area (Å²) in [5.74, 6) is 0.487. The molecular formula is C19H24BrN3O4. The number of imide groups is 1. The molecule has 0 radical (unpaired) electrons. The molecule has 1 aromatic carbocycles. The van der Waals surface area contributed by atoms with Gasteiger partial charge < -0.3 is 15.4 Å². The van der Waals surface area contributed by atoms with Gasteiger partial charge in [-0.3, -0.25) is 14.5 Å². The summed E-state index contributed by atoms with van der Waals surface area (Å²) in [6, 6.07) is 7.17. The van der Waals surface area contributed by atoms with Crippen LogP contribution in [-0.2, 0) is 9.59 Å². The molecule has 1 aromatic rings. The first-order chi connectivity index (χ1) is 13.0. The van der Waals surface area contributed by atoms with Gasteiger partial charge in [0, 0.05) is 17.4 Å². The molecule has 1 saturated carbocycles. The summed E-state index contributed by atoms with van der Waals surface area (Å²) in [6.07, 6.45) is 4.07. The number of rotatable bonds is 8. The minimum atomic E-state index is -0.677. The minimum Gasteiger partial charge on any atom is -0.492 e. The second-order valence-electron chi connectivity index (χ2n) is 6.94. The molecule has 8 heteroatoms.